The van der Waals surface area contributed by atoms with Gasteiger partial charge in [-0.05, 0) is 12.1 Å². The van der Waals surface area contributed by atoms with Gasteiger partial charge in [-0.3, -0.25) is 4.79 Å². The van der Waals surface area contributed by atoms with Gasteiger partial charge in [-0.25, -0.2) is 0 Å². The standard InChI is InChI=1S/C21H23NO6/c1-13(23)22-17-18(24)19-16(27-21(17)26-15-10-6-3-7-11-15)12-25-20(28-19)14-8-4-2-5-9-14/h2-11,16-21,24H,12H2,1H3,(H,22,23)/t16-,17-,18+,19+,20+,21+/m1/s1. The first-order valence-corrected chi connectivity index (χ1v) is 9.26. The van der Waals surface area contributed by atoms with E-state index in [1.807, 2.05) is 48.5 Å². The quantitative estimate of drug-likeness (QED) is 0.834. The second kappa shape index (κ2) is 8.28. The summed E-state index contributed by atoms with van der Waals surface area (Å²) in [5.41, 5.74) is 0.854. The number of hydrogen-bond donors (Lipinski definition) is 2. The number of nitrogens with one attached hydrogen (secondary N) is 1. The van der Waals surface area contributed by atoms with E-state index in [-0.39, 0.29) is 12.5 Å². The zero-order valence-corrected chi connectivity index (χ0v) is 15.4. The topological polar surface area (TPSA) is 86.3 Å². The van der Waals surface area contributed by atoms with Crippen molar-refractivity contribution in [3.8, 4) is 5.75 Å². The van der Waals surface area contributed by atoms with Crippen LogP contribution in [-0.2, 0) is 19.0 Å². The van der Waals surface area contributed by atoms with E-state index in [2.05, 4.69) is 5.32 Å². The summed E-state index contributed by atoms with van der Waals surface area (Å²) >= 11 is 0. The number of benzene rings is 2. The van der Waals surface area contributed by atoms with Gasteiger partial charge in [-0.1, -0.05) is 48.5 Å². The Kier molecular flexibility index (Phi) is 5.59. The number of para-hydroxylation sites is 1. The van der Waals surface area contributed by atoms with Crippen LogP contribution in [0, 0.1) is 0 Å². The van der Waals surface area contributed by atoms with Crippen LogP contribution in [0.2, 0.25) is 0 Å². The van der Waals surface area contributed by atoms with E-state index < -0.39 is 36.9 Å². The van der Waals surface area contributed by atoms with Crippen molar-refractivity contribution in [2.24, 2.45) is 0 Å². The van der Waals surface area contributed by atoms with Crippen LogP contribution in [0.15, 0.2) is 60.7 Å². The summed E-state index contributed by atoms with van der Waals surface area (Å²) in [6.45, 7) is 1.62. The van der Waals surface area contributed by atoms with Gasteiger partial charge < -0.3 is 29.4 Å². The van der Waals surface area contributed by atoms with Crippen LogP contribution in [0.1, 0.15) is 18.8 Å². The number of aliphatic hydroxyl groups excluding tert-OH is 1. The summed E-state index contributed by atoms with van der Waals surface area (Å²) in [5, 5.41) is 13.7. The highest BCUT2D eigenvalue weighted by molar-refractivity contribution is 5.73. The summed E-state index contributed by atoms with van der Waals surface area (Å²) in [7, 11) is 0. The van der Waals surface area contributed by atoms with Gasteiger partial charge in [0.15, 0.2) is 6.29 Å². The number of carbonyl (C=O) groups excluding carboxylic acids is 1. The largest absolute Gasteiger partial charge is 0.463 e. The van der Waals surface area contributed by atoms with Gasteiger partial charge in [0.05, 0.1) is 6.61 Å². The normalized spacial score (nSPS) is 32.2. The highest BCUT2D eigenvalue weighted by Crippen LogP contribution is 2.34. The van der Waals surface area contributed by atoms with Gasteiger partial charge >= 0.3 is 0 Å². The third-order valence-electron chi connectivity index (χ3n) is 4.80. The van der Waals surface area contributed by atoms with Crippen LogP contribution in [-0.4, -0.2) is 48.3 Å². The molecule has 7 heteroatoms. The average Bonchev–Trinajstić information content (AvgIpc) is 2.72. The van der Waals surface area contributed by atoms with Gasteiger partial charge in [0.2, 0.25) is 12.2 Å². The van der Waals surface area contributed by atoms with E-state index in [9.17, 15) is 9.90 Å². The van der Waals surface area contributed by atoms with Crippen LogP contribution in [0.4, 0.5) is 0 Å². The van der Waals surface area contributed by atoms with Gasteiger partial charge in [0.1, 0.15) is 30.1 Å². The molecule has 2 aromatic carbocycles. The first-order chi connectivity index (χ1) is 13.6. The van der Waals surface area contributed by atoms with Gasteiger partial charge in [0, 0.05) is 12.5 Å². The molecule has 0 radical (unpaired) electrons. The molecule has 2 N–H and O–H groups in total. The van der Waals surface area contributed by atoms with Crippen LogP contribution in [0.25, 0.3) is 0 Å². The molecule has 148 valence electrons. The maximum absolute atomic E-state index is 11.7. The number of aliphatic hydroxyl groups is 1. The Morgan fingerprint density at radius 3 is 2.43 bits per heavy atom. The molecule has 0 aromatic heterocycles. The first kappa shape index (κ1) is 18.9. The van der Waals surface area contributed by atoms with Crippen molar-refractivity contribution in [1.29, 1.82) is 0 Å². The predicted molar refractivity (Wildman–Crippen MR) is 99.4 cm³/mol. The lowest BCUT2D eigenvalue weighted by atomic mass is 9.95. The van der Waals surface area contributed by atoms with Crippen LogP contribution in [0.3, 0.4) is 0 Å². The smallest absolute Gasteiger partial charge is 0.223 e. The highest BCUT2D eigenvalue weighted by Gasteiger charge is 2.50. The maximum atomic E-state index is 11.7. The minimum atomic E-state index is -1.02. The predicted octanol–water partition coefficient (Wildman–Crippen LogP) is 1.77. The van der Waals surface area contributed by atoms with Crippen LogP contribution in [0.5, 0.6) is 5.75 Å². The minimum absolute atomic E-state index is 0.239. The molecule has 1 amide bonds. The molecule has 4 rings (SSSR count). The van der Waals surface area contributed by atoms with Crippen molar-refractivity contribution >= 4 is 5.91 Å². The average molecular weight is 385 g/mol. The number of rotatable bonds is 4. The molecule has 0 saturated carbocycles. The lowest BCUT2D eigenvalue weighted by Gasteiger charge is -2.47. The fraction of sp³-hybridized carbons (Fsp3) is 0.381. The van der Waals surface area contributed by atoms with E-state index >= 15 is 0 Å². The molecule has 2 aromatic rings. The summed E-state index contributed by atoms with van der Waals surface area (Å²) in [4.78, 5) is 11.7. The monoisotopic (exact) mass is 385 g/mol. The second-order valence-corrected chi connectivity index (χ2v) is 6.87. The fourth-order valence-corrected chi connectivity index (χ4v) is 3.49. The van der Waals surface area contributed by atoms with E-state index in [1.165, 1.54) is 6.92 Å². The number of hydrogen-bond acceptors (Lipinski definition) is 6. The molecule has 28 heavy (non-hydrogen) atoms. The van der Waals surface area contributed by atoms with Crippen molar-refractivity contribution in [2.75, 3.05) is 6.61 Å². The molecule has 6 atom stereocenters. The molecule has 0 spiro atoms. The van der Waals surface area contributed by atoms with Crippen molar-refractivity contribution in [2.45, 2.75) is 43.9 Å². The lowest BCUT2D eigenvalue weighted by molar-refractivity contribution is -0.333. The third kappa shape index (κ3) is 4.02. The molecule has 2 aliphatic heterocycles. The molecule has 0 aliphatic carbocycles. The Morgan fingerprint density at radius 2 is 1.75 bits per heavy atom. The first-order valence-electron chi connectivity index (χ1n) is 9.26. The molecule has 2 fully saturated rings. The number of amides is 1. The Bertz CT molecular complexity index is 786. The Morgan fingerprint density at radius 1 is 1.07 bits per heavy atom. The lowest BCUT2D eigenvalue weighted by Crippen LogP contribution is -2.67. The van der Waals surface area contributed by atoms with Crippen molar-refractivity contribution in [1.82, 2.24) is 5.32 Å². The molecule has 2 saturated heterocycles. The summed E-state index contributed by atoms with van der Waals surface area (Å²) < 4.78 is 23.7. The van der Waals surface area contributed by atoms with Crippen molar-refractivity contribution in [3.63, 3.8) is 0 Å². The van der Waals surface area contributed by atoms with Crippen LogP contribution < -0.4 is 10.1 Å². The molecule has 2 aliphatic rings. The maximum Gasteiger partial charge on any atom is 0.223 e. The van der Waals surface area contributed by atoms with Crippen molar-refractivity contribution < 1.29 is 28.8 Å². The molecule has 2 heterocycles. The molecular weight excluding hydrogens is 362 g/mol. The third-order valence-corrected chi connectivity index (χ3v) is 4.80. The number of carbonyl (C=O) groups is 1. The SMILES string of the molecule is CC(=O)N[C@H]1[C@@H](Oc2ccccc2)O[C@@H]2CO[C@H](c3ccccc3)O[C@@H]2[C@H]1O. The summed E-state index contributed by atoms with van der Waals surface area (Å²) in [6.07, 6.45) is -3.68. The fourth-order valence-electron chi connectivity index (χ4n) is 3.49. The Labute approximate surface area is 163 Å². The molecular formula is C21H23NO6. The molecule has 0 bridgehead atoms. The van der Waals surface area contributed by atoms with E-state index in [0.29, 0.717) is 5.75 Å². The van der Waals surface area contributed by atoms with Gasteiger partial charge in [0.25, 0.3) is 0 Å². The van der Waals surface area contributed by atoms with E-state index in [1.54, 1.807) is 12.1 Å². The van der Waals surface area contributed by atoms with E-state index in [0.717, 1.165) is 5.56 Å². The molecule has 7 nitrogen and oxygen atoms in total. The van der Waals surface area contributed by atoms with Crippen LogP contribution >= 0.6 is 0 Å². The van der Waals surface area contributed by atoms with Crippen molar-refractivity contribution in [3.05, 3.63) is 66.2 Å². The zero-order chi connectivity index (χ0) is 19.5. The highest BCUT2D eigenvalue weighted by atomic mass is 16.7. The zero-order valence-electron chi connectivity index (χ0n) is 15.4. The van der Waals surface area contributed by atoms with Gasteiger partial charge in [-0.2, -0.15) is 0 Å². The summed E-state index contributed by atoms with van der Waals surface area (Å²) in [5.74, 6) is 0.285. The second-order valence-electron chi connectivity index (χ2n) is 6.87. The number of fused-ring (bicyclic) bond motifs is 1. The van der Waals surface area contributed by atoms with E-state index in [4.69, 9.17) is 18.9 Å². The summed E-state index contributed by atoms with van der Waals surface area (Å²) in [6, 6.07) is 17.8. The minimum Gasteiger partial charge on any atom is -0.463 e. The van der Waals surface area contributed by atoms with Gasteiger partial charge in [-0.15, -0.1) is 0 Å². The Balaban J connectivity index is 1.53. The number of ether oxygens (including phenoxy) is 4. The Hall–Kier alpha value is -2.45. The molecule has 0 unspecified atom stereocenters.